The second kappa shape index (κ2) is 35.3. The number of phenolic OH excluding ortho intramolecular Hbond substituents is 1. The Morgan fingerprint density at radius 3 is 0.958 bits per heavy atom. The average molecular weight is 1400 g/mol. The maximum absolute atomic E-state index is 13.1. The number of rotatable bonds is 23. The van der Waals surface area contributed by atoms with Gasteiger partial charge in [-0.05, 0) is 239 Å². The van der Waals surface area contributed by atoms with Gasteiger partial charge < -0.3 is 38.6 Å². The van der Waals surface area contributed by atoms with Crippen LogP contribution in [0.15, 0.2) is 87.5 Å². The molecule has 0 aliphatic heterocycles. The maximum Gasteiger partial charge on any atom is 0.420 e. The van der Waals surface area contributed by atoms with Crippen LogP contribution in [-0.4, -0.2) is 151 Å². The highest BCUT2D eigenvalue weighted by molar-refractivity contribution is 8.00. The first-order valence-electron chi connectivity index (χ1n) is 30.5. The molecule has 0 saturated carbocycles. The van der Waals surface area contributed by atoms with Crippen LogP contribution in [0.1, 0.15) is 201 Å². The summed E-state index contributed by atoms with van der Waals surface area (Å²) in [5.41, 5.74) is -3.48. The number of amides is 4. The summed E-state index contributed by atoms with van der Waals surface area (Å²) in [4.78, 5) is 102. The third-order valence-electron chi connectivity index (χ3n) is 11.8. The van der Waals surface area contributed by atoms with Crippen LogP contribution in [0.2, 0.25) is 0 Å². The molecule has 0 bridgehead atoms. The zero-order chi connectivity index (χ0) is 73.8. The number of benzene rings is 3. The van der Waals surface area contributed by atoms with Crippen molar-refractivity contribution in [3.63, 3.8) is 0 Å². The van der Waals surface area contributed by atoms with Gasteiger partial charge in [0.25, 0.3) is 10.1 Å². The highest BCUT2D eigenvalue weighted by atomic mass is 32.3. The number of ketones is 2. The fraction of sp³-hybridized carbons (Fsp3) is 0.606. The lowest BCUT2D eigenvalue weighted by atomic mass is 10.0. The Balaban J connectivity index is 0.000000751. The van der Waals surface area contributed by atoms with Crippen LogP contribution in [0.5, 0.6) is 5.75 Å². The van der Waals surface area contributed by atoms with Crippen LogP contribution < -0.4 is 0 Å². The molecule has 0 fully saturated rings. The Morgan fingerprint density at radius 2 is 0.663 bits per heavy atom. The van der Waals surface area contributed by atoms with Gasteiger partial charge in [-0.15, -0.1) is 3.63 Å². The first-order valence-corrected chi connectivity index (χ1v) is 34.7. The van der Waals surface area contributed by atoms with Crippen LogP contribution in [0.3, 0.4) is 0 Å². The number of nitrogens with zero attached hydrogens (tertiary/aromatic N) is 2. The molecule has 29 heteroatoms. The first-order chi connectivity index (χ1) is 42.8. The molecule has 0 aliphatic carbocycles. The number of imide groups is 2. The minimum Gasteiger partial charge on any atom is -0.508 e. The van der Waals surface area contributed by atoms with Gasteiger partial charge in [0.2, 0.25) is 0 Å². The summed E-state index contributed by atoms with van der Waals surface area (Å²) < 4.78 is 116. The lowest BCUT2D eigenvalue weighted by Gasteiger charge is -2.33. The molecule has 26 nitrogen and oxygen atoms in total. The van der Waals surface area contributed by atoms with Crippen molar-refractivity contribution in [1.29, 1.82) is 0 Å². The lowest BCUT2D eigenvalue weighted by Crippen LogP contribution is -2.51. The molecule has 2 N–H and O–H groups in total. The van der Waals surface area contributed by atoms with Gasteiger partial charge in [0.15, 0.2) is 11.6 Å². The van der Waals surface area contributed by atoms with Gasteiger partial charge in [-0.2, -0.15) is 25.3 Å². The third kappa shape index (κ3) is 35.0. The van der Waals surface area contributed by atoms with E-state index in [4.69, 9.17) is 32.6 Å². The van der Waals surface area contributed by atoms with Crippen molar-refractivity contribution in [2.45, 2.75) is 276 Å². The zero-order valence-corrected chi connectivity index (χ0v) is 61.3. The second-order valence-electron chi connectivity index (χ2n) is 28.2. The van der Waals surface area contributed by atoms with Gasteiger partial charge in [-0.1, -0.05) is 35.4 Å². The van der Waals surface area contributed by atoms with E-state index in [1.807, 2.05) is 0 Å². The number of aryl methyl sites for hydroxylation is 2. The highest BCUT2D eigenvalue weighted by Gasteiger charge is 2.41. The molecule has 0 spiro atoms. The van der Waals surface area contributed by atoms with Crippen LogP contribution in [0.25, 0.3) is 0 Å². The van der Waals surface area contributed by atoms with E-state index < -0.39 is 136 Å². The summed E-state index contributed by atoms with van der Waals surface area (Å²) in [6, 6.07) is 13.5. The van der Waals surface area contributed by atoms with Crippen molar-refractivity contribution in [3.05, 3.63) is 83.9 Å². The Kier molecular flexibility index (Phi) is 31.9. The summed E-state index contributed by atoms with van der Waals surface area (Å²) in [6.45, 7) is 35.7. The fourth-order valence-corrected chi connectivity index (χ4v) is 11.5. The van der Waals surface area contributed by atoms with Crippen LogP contribution in [0, 0.1) is 13.8 Å². The minimum atomic E-state index is -4.38. The molecule has 2 unspecified atom stereocenters. The number of Topliss-reactive ketones (excluding diaryl/α,β-unsaturated/α-hetero) is 2. The summed E-state index contributed by atoms with van der Waals surface area (Å²) in [5, 5.41) is 19.8. The van der Waals surface area contributed by atoms with Crippen molar-refractivity contribution >= 4 is 78.2 Å². The first kappa shape index (κ1) is 86.0. The Morgan fingerprint density at radius 1 is 0.389 bits per heavy atom. The Bertz CT molecular complexity index is 3290. The van der Waals surface area contributed by atoms with Crippen LogP contribution in [-0.2, 0) is 85.8 Å². The number of phenols is 1. The van der Waals surface area contributed by atoms with Gasteiger partial charge in [0.1, 0.15) is 51.4 Å². The number of aromatic hydroxyl groups is 1. The molecular weight excluding hydrogens is 1300 g/mol. The fourth-order valence-electron chi connectivity index (χ4n) is 7.81. The maximum atomic E-state index is 13.1. The molecule has 4 atom stereocenters. The van der Waals surface area contributed by atoms with E-state index in [1.54, 1.807) is 163 Å². The van der Waals surface area contributed by atoms with Crippen LogP contribution in [0.4, 0.5) is 19.2 Å². The average Bonchev–Trinajstić information content (AvgIpc) is 0.836. The lowest BCUT2D eigenvalue weighted by molar-refractivity contribution is -0.156. The molecule has 536 valence electrons. The molecule has 0 heterocycles. The number of hydrogen-bond donors (Lipinski definition) is 2. The number of aliphatic hydroxyl groups excluding tert-OH is 1. The van der Waals surface area contributed by atoms with E-state index in [1.165, 1.54) is 50.2 Å². The van der Waals surface area contributed by atoms with E-state index in [0.717, 1.165) is 23.3 Å². The standard InChI is InChI=1S/C29H45NO11S.C23H41NO8.C14H14O5S2/c1-19(31)23(30(25(34)39-28(5,6)7)26(35)40-29(8,9)10)17-13-21(14-18-24(33)38-27(2,3)4)41-42(36,37)22-15-11-20(32)12-16-22;1-15(25)17(13-11-16(26)12-14-18(27)30-21(2,3)4)24(19(28)31-22(5,6)7)20(29)32-23(8,9)10;1-11-3-7-13(8-4-11)20(15,16)19-21(17,18)14-9-5-12(2)6-10-14/h11-12,15-16,21,23,32H,13-14,17-18H2,1-10H3;16-17,26H,11-14H2,1-10H3;3-10H,1-2H3/t21?,23-;16?,17-;/m00./s1. The number of ether oxygens (including phenoxy) is 6. The number of carbonyl (C=O) groups is 8. The SMILES string of the molecule is CC(=O)[C@H](CCC(CCC(=O)OC(C)(C)C)OS(=O)(=O)c1ccc(O)cc1)N(C(=O)OC(C)(C)C)C(=O)OC(C)(C)C.CC(=O)[C@H](CCC(O)CCC(=O)OC(C)(C)C)N(C(=O)OC(C)(C)C)C(=O)OC(C)(C)C.Cc1ccc(S(=O)(=O)OS(=O)(=O)c2ccc(C)cc2)cc1. The van der Waals surface area contributed by atoms with Crippen molar-refractivity contribution in [1.82, 2.24) is 9.80 Å². The van der Waals surface area contributed by atoms with Crippen molar-refractivity contribution in [2.75, 3.05) is 0 Å². The van der Waals surface area contributed by atoms with Gasteiger partial charge in [-0.25, -0.2) is 29.0 Å². The number of carbonyl (C=O) groups excluding carboxylic acids is 8. The van der Waals surface area contributed by atoms with E-state index >= 15 is 0 Å². The normalized spacial score (nSPS) is 13.7. The molecular formula is C66H100N2O24S3. The van der Waals surface area contributed by atoms with Crippen LogP contribution >= 0.6 is 0 Å². The Labute approximate surface area is 561 Å². The monoisotopic (exact) mass is 1400 g/mol. The molecule has 0 aromatic heterocycles. The van der Waals surface area contributed by atoms with E-state index in [-0.39, 0.29) is 71.8 Å². The van der Waals surface area contributed by atoms with Crippen molar-refractivity contribution < 1.29 is 110 Å². The predicted octanol–water partition coefficient (Wildman–Crippen LogP) is 12.3. The quantitative estimate of drug-likeness (QED) is 0.0506. The molecule has 3 aromatic rings. The number of aliphatic hydroxyl groups is 1. The van der Waals surface area contributed by atoms with Gasteiger partial charge in [0.05, 0.1) is 26.9 Å². The minimum absolute atomic E-state index is 0.00498. The van der Waals surface area contributed by atoms with E-state index in [2.05, 4.69) is 3.63 Å². The zero-order valence-electron chi connectivity index (χ0n) is 58.9. The molecule has 0 aliphatic rings. The summed E-state index contributed by atoms with van der Waals surface area (Å²) in [7, 11) is -13.1. The van der Waals surface area contributed by atoms with Gasteiger partial charge in [0, 0.05) is 12.8 Å². The Hall–Kier alpha value is -7.05. The predicted molar refractivity (Wildman–Crippen MR) is 350 cm³/mol. The molecule has 4 amide bonds. The van der Waals surface area contributed by atoms with Crippen molar-refractivity contribution in [2.24, 2.45) is 0 Å². The molecule has 95 heavy (non-hydrogen) atoms. The molecule has 3 aromatic carbocycles. The smallest absolute Gasteiger partial charge is 0.420 e. The second-order valence-corrected chi connectivity index (χ2v) is 33.1. The molecule has 3 rings (SSSR count). The third-order valence-corrected chi connectivity index (χ3v) is 16.3. The summed E-state index contributed by atoms with van der Waals surface area (Å²) in [5.74, 6) is -2.22. The van der Waals surface area contributed by atoms with E-state index in [0.29, 0.717) is 9.80 Å². The van der Waals surface area contributed by atoms with E-state index in [9.17, 15) is 73.8 Å². The largest absolute Gasteiger partial charge is 0.508 e. The summed E-state index contributed by atoms with van der Waals surface area (Å²) in [6.07, 6.45) is -6.83. The van der Waals surface area contributed by atoms with Gasteiger partial charge >= 0.3 is 56.5 Å². The molecule has 0 radical (unpaired) electrons. The highest BCUT2D eigenvalue weighted by Crippen LogP contribution is 2.28. The molecule has 0 saturated heterocycles. The summed E-state index contributed by atoms with van der Waals surface area (Å²) >= 11 is 0. The van der Waals surface area contributed by atoms with Crippen molar-refractivity contribution in [3.8, 4) is 5.75 Å². The number of esters is 2. The number of hydrogen-bond acceptors (Lipinski definition) is 24. The van der Waals surface area contributed by atoms with Gasteiger partial charge in [-0.3, -0.25) is 23.4 Å². The topological polar surface area (TPSA) is 360 Å².